The molecule has 5 heteroatoms. The fourth-order valence-electron chi connectivity index (χ4n) is 5.34. The van der Waals surface area contributed by atoms with E-state index in [1.54, 1.807) is 7.11 Å². The molecule has 0 bridgehead atoms. The van der Waals surface area contributed by atoms with E-state index in [1.807, 2.05) is 26.0 Å². The van der Waals surface area contributed by atoms with Crippen LogP contribution in [0.4, 0.5) is 0 Å². The molecule has 5 nitrogen and oxygen atoms in total. The van der Waals surface area contributed by atoms with Gasteiger partial charge < -0.3 is 14.8 Å². The predicted octanol–water partition coefficient (Wildman–Crippen LogP) is 7.24. The lowest BCUT2D eigenvalue weighted by Crippen LogP contribution is -2.24. The maximum atomic E-state index is 12.2. The van der Waals surface area contributed by atoms with Gasteiger partial charge in [0.25, 0.3) is 0 Å². The van der Waals surface area contributed by atoms with E-state index in [-0.39, 0.29) is 24.2 Å². The Kier molecular flexibility index (Phi) is 9.22. The first kappa shape index (κ1) is 27.8. The molecule has 38 heavy (non-hydrogen) atoms. The van der Waals surface area contributed by atoms with Crippen LogP contribution in [0.1, 0.15) is 92.7 Å². The smallest absolute Gasteiger partial charge is 0.306 e. The van der Waals surface area contributed by atoms with Crippen LogP contribution in [0.3, 0.4) is 0 Å². The molecule has 0 saturated carbocycles. The molecule has 0 amide bonds. The van der Waals surface area contributed by atoms with Gasteiger partial charge in [0.15, 0.2) is 0 Å². The van der Waals surface area contributed by atoms with Crippen molar-refractivity contribution in [2.24, 2.45) is 0 Å². The molecule has 0 fully saturated rings. The average molecular weight is 515 g/mol. The number of methoxy groups -OCH3 is 1. The number of carbonyl (C=O) groups is 1. The van der Waals surface area contributed by atoms with Gasteiger partial charge in [0.1, 0.15) is 5.75 Å². The van der Waals surface area contributed by atoms with Crippen molar-refractivity contribution in [3.63, 3.8) is 0 Å². The Hall–Kier alpha value is -3.18. The zero-order valence-corrected chi connectivity index (χ0v) is 23.8. The molecule has 1 aliphatic rings. The van der Waals surface area contributed by atoms with Gasteiger partial charge in [-0.15, -0.1) is 0 Å². The average Bonchev–Trinajstić information content (AvgIpc) is 2.91. The van der Waals surface area contributed by atoms with Crippen molar-refractivity contribution in [3.05, 3.63) is 82.2 Å². The molecule has 1 unspecified atom stereocenters. The lowest BCUT2D eigenvalue weighted by molar-refractivity contribution is -0.147. The van der Waals surface area contributed by atoms with E-state index in [2.05, 4.69) is 62.5 Å². The topological polar surface area (TPSA) is 60.5 Å². The monoisotopic (exact) mass is 514 g/mol. The Morgan fingerprint density at radius 2 is 1.79 bits per heavy atom. The quantitative estimate of drug-likeness (QED) is 0.289. The van der Waals surface area contributed by atoms with Gasteiger partial charge in [0.05, 0.1) is 18.9 Å². The van der Waals surface area contributed by atoms with E-state index in [9.17, 15) is 4.79 Å². The first-order valence-corrected chi connectivity index (χ1v) is 14.0. The SMILES string of the molecule is COc1cccc([C@@H](C)NC(C)c2cc(-c3ccc(C)c(CCC(=O)OC(C)C)c3)c3c(n2)CCCC3)c1. The number of nitrogens with one attached hydrogen (secondary N) is 1. The molecule has 2 aromatic carbocycles. The number of nitrogens with zero attached hydrogens (tertiary/aromatic N) is 1. The van der Waals surface area contributed by atoms with Gasteiger partial charge in [-0.2, -0.15) is 0 Å². The maximum Gasteiger partial charge on any atom is 0.306 e. The van der Waals surface area contributed by atoms with Gasteiger partial charge in [0.2, 0.25) is 0 Å². The molecule has 0 spiro atoms. The highest BCUT2D eigenvalue weighted by atomic mass is 16.5. The summed E-state index contributed by atoms with van der Waals surface area (Å²) in [5, 5.41) is 3.75. The van der Waals surface area contributed by atoms with Crippen LogP contribution in [0, 0.1) is 6.92 Å². The Morgan fingerprint density at radius 1 is 1.00 bits per heavy atom. The molecule has 0 aliphatic heterocycles. The first-order valence-electron chi connectivity index (χ1n) is 14.0. The Labute approximate surface area is 228 Å². The zero-order chi connectivity index (χ0) is 27.2. The molecule has 1 N–H and O–H groups in total. The van der Waals surface area contributed by atoms with Crippen molar-refractivity contribution in [2.75, 3.05) is 7.11 Å². The van der Waals surface area contributed by atoms with Crippen molar-refractivity contribution in [1.82, 2.24) is 10.3 Å². The van der Waals surface area contributed by atoms with E-state index in [0.29, 0.717) is 12.8 Å². The third-order valence-electron chi connectivity index (χ3n) is 7.48. The van der Waals surface area contributed by atoms with E-state index >= 15 is 0 Å². The maximum absolute atomic E-state index is 12.2. The molecule has 2 atom stereocenters. The standard InChI is InChI=1S/C33H42N2O3/c1-21(2)38-33(36)17-16-25-18-27(15-14-22(25)3)30-20-32(35-31-13-8-7-12-29(30)31)24(5)34-23(4)26-10-9-11-28(19-26)37-6/h9-11,14-15,18-21,23-24,34H,7-8,12-13,16-17H2,1-6H3/t23-,24?/m1/s1. The molecule has 0 saturated heterocycles. The highest BCUT2D eigenvalue weighted by Gasteiger charge is 2.21. The fourth-order valence-corrected chi connectivity index (χ4v) is 5.34. The third kappa shape index (κ3) is 6.82. The minimum Gasteiger partial charge on any atom is -0.497 e. The highest BCUT2D eigenvalue weighted by molar-refractivity contribution is 5.72. The summed E-state index contributed by atoms with van der Waals surface area (Å²) in [4.78, 5) is 17.3. The molecule has 202 valence electrons. The van der Waals surface area contributed by atoms with Gasteiger partial charge in [-0.25, -0.2) is 0 Å². The lowest BCUT2D eigenvalue weighted by Gasteiger charge is -2.25. The van der Waals surface area contributed by atoms with E-state index in [1.165, 1.54) is 51.9 Å². The second-order valence-corrected chi connectivity index (χ2v) is 10.8. The minimum atomic E-state index is -0.140. The summed E-state index contributed by atoms with van der Waals surface area (Å²) in [6.45, 7) is 10.3. The van der Waals surface area contributed by atoms with E-state index in [0.717, 1.165) is 24.3 Å². The molecule has 4 rings (SSSR count). The summed E-state index contributed by atoms with van der Waals surface area (Å²) in [7, 11) is 1.70. The Bertz CT molecular complexity index is 1270. The summed E-state index contributed by atoms with van der Waals surface area (Å²) in [5.74, 6) is 0.726. The second-order valence-electron chi connectivity index (χ2n) is 10.8. The number of carbonyl (C=O) groups excluding carboxylic acids is 1. The zero-order valence-electron chi connectivity index (χ0n) is 23.8. The molecular weight excluding hydrogens is 472 g/mol. The molecule has 1 aliphatic carbocycles. The summed E-state index contributed by atoms with van der Waals surface area (Å²) < 4.78 is 10.8. The van der Waals surface area contributed by atoms with Crippen molar-refractivity contribution < 1.29 is 14.3 Å². The number of hydrogen-bond acceptors (Lipinski definition) is 5. The van der Waals surface area contributed by atoms with Crippen molar-refractivity contribution in [2.45, 2.75) is 91.3 Å². The van der Waals surface area contributed by atoms with Gasteiger partial charge in [-0.3, -0.25) is 9.78 Å². The van der Waals surface area contributed by atoms with E-state index in [4.69, 9.17) is 14.5 Å². The van der Waals surface area contributed by atoms with E-state index < -0.39 is 0 Å². The van der Waals surface area contributed by atoms with Gasteiger partial charge in [0, 0.05) is 24.2 Å². The minimum absolute atomic E-state index is 0.0814. The number of esters is 1. The van der Waals surface area contributed by atoms with Crippen molar-refractivity contribution >= 4 is 5.97 Å². The lowest BCUT2D eigenvalue weighted by atomic mass is 9.87. The van der Waals surface area contributed by atoms with Crippen LogP contribution in [0.15, 0.2) is 48.5 Å². The van der Waals surface area contributed by atoms with Crippen LogP contribution in [0.25, 0.3) is 11.1 Å². The van der Waals surface area contributed by atoms with Crippen molar-refractivity contribution in [1.29, 1.82) is 0 Å². The van der Waals surface area contributed by atoms with Crippen molar-refractivity contribution in [3.8, 4) is 16.9 Å². The second kappa shape index (κ2) is 12.6. The molecule has 1 heterocycles. The summed E-state index contributed by atoms with van der Waals surface area (Å²) >= 11 is 0. The van der Waals surface area contributed by atoms with Crippen LogP contribution < -0.4 is 10.1 Å². The van der Waals surface area contributed by atoms with Crippen LogP contribution in [0.2, 0.25) is 0 Å². The van der Waals surface area contributed by atoms with Gasteiger partial charge >= 0.3 is 5.97 Å². The normalized spacial score (nSPS) is 14.6. The number of benzene rings is 2. The number of pyridine rings is 1. The number of aromatic nitrogens is 1. The van der Waals surface area contributed by atoms with Gasteiger partial charge in [-0.05, 0) is 118 Å². The highest BCUT2D eigenvalue weighted by Crippen LogP contribution is 2.34. The number of aryl methyl sites for hydroxylation is 3. The molecule has 3 aromatic rings. The number of fused-ring (bicyclic) bond motifs is 1. The first-order chi connectivity index (χ1) is 18.2. The van der Waals surface area contributed by atoms with Crippen LogP contribution >= 0.6 is 0 Å². The predicted molar refractivity (Wildman–Crippen MR) is 154 cm³/mol. The number of ether oxygens (including phenoxy) is 2. The molecule has 1 aromatic heterocycles. The number of rotatable bonds is 10. The van der Waals surface area contributed by atoms with Crippen LogP contribution in [-0.4, -0.2) is 24.2 Å². The Balaban J connectivity index is 1.62. The summed E-state index contributed by atoms with van der Waals surface area (Å²) in [6.07, 6.45) is 5.45. The molecule has 0 radical (unpaired) electrons. The molecular formula is C33H42N2O3. The number of hydrogen-bond donors (Lipinski definition) is 1. The summed E-state index contributed by atoms with van der Waals surface area (Å²) in [6, 6.07) is 17.4. The van der Waals surface area contributed by atoms with Crippen LogP contribution in [-0.2, 0) is 28.8 Å². The van der Waals surface area contributed by atoms with Crippen LogP contribution in [0.5, 0.6) is 5.75 Å². The third-order valence-corrected chi connectivity index (χ3v) is 7.48. The largest absolute Gasteiger partial charge is 0.497 e. The Morgan fingerprint density at radius 3 is 2.55 bits per heavy atom. The fraction of sp³-hybridized carbons (Fsp3) is 0.455. The van der Waals surface area contributed by atoms with Gasteiger partial charge in [-0.1, -0.05) is 30.3 Å². The summed E-state index contributed by atoms with van der Waals surface area (Å²) in [5.41, 5.74) is 9.75.